The molecule has 1 aliphatic heterocycles. The zero-order valence-corrected chi connectivity index (χ0v) is 21.0. The maximum atomic E-state index is 13.1. The van der Waals surface area contributed by atoms with E-state index in [2.05, 4.69) is 0 Å². The van der Waals surface area contributed by atoms with Gasteiger partial charge in [0, 0.05) is 16.0 Å². The van der Waals surface area contributed by atoms with E-state index in [0.717, 1.165) is 16.7 Å². The molecule has 172 valence electrons. The molecule has 4 rings (SSSR count). The van der Waals surface area contributed by atoms with Crippen LogP contribution in [0, 0.1) is 10.1 Å². The van der Waals surface area contributed by atoms with Gasteiger partial charge < -0.3 is 4.74 Å². The molecule has 10 heteroatoms. The number of nitro groups is 1. The molecule has 0 spiro atoms. The first-order chi connectivity index (χ1) is 16.4. The van der Waals surface area contributed by atoms with Crippen molar-refractivity contribution in [3.8, 4) is 5.75 Å². The molecule has 1 aliphatic rings. The third-order valence-electron chi connectivity index (χ3n) is 4.72. The smallest absolute Gasteiger partial charge is 0.283 e. The van der Waals surface area contributed by atoms with E-state index in [9.17, 15) is 14.9 Å². The van der Waals surface area contributed by atoms with Crippen molar-refractivity contribution in [2.75, 3.05) is 11.5 Å². The summed E-state index contributed by atoms with van der Waals surface area (Å²) in [5, 5.41) is 12.3. The number of anilines is 1. The first-order valence-electron chi connectivity index (χ1n) is 10.1. The van der Waals surface area contributed by atoms with Crippen LogP contribution in [0.2, 0.25) is 5.02 Å². The van der Waals surface area contributed by atoms with E-state index in [1.807, 2.05) is 6.92 Å². The lowest BCUT2D eigenvalue weighted by molar-refractivity contribution is -0.387. The summed E-state index contributed by atoms with van der Waals surface area (Å²) in [6, 6.07) is 19.1. The lowest BCUT2D eigenvalue weighted by Gasteiger charge is -2.15. The van der Waals surface area contributed by atoms with Gasteiger partial charge >= 0.3 is 0 Å². The fourth-order valence-corrected chi connectivity index (χ4v) is 5.51. The van der Waals surface area contributed by atoms with Gasteiger partial charge in [-0.05, 0) is 73.2 Å². The Morgan fingerprint density at radius 3 is 2.50 bits per heavy atom. The maximum absolute atomic E-state index is 13.1. The predicted molar refractivity (Wildman–Crippen MR) is 142 cm³/mol. The van der Waals surface area contributed by atoms with Crippen molar-refractivity contribution >= 4 is 75.0 Å². The Bertz CT molecular complexity index is 1290. The molecule has 0 unspecified atom stereocenters. The van der Waals surface area contributed by atoms with Crippen LogP contribution in [0.4, 0.5) is 11.4 Å². The fraction of sp³-hybridized carbons (Fsp3) is 0.0833. The molecule has 1 amide bonds. The Kier molecular flexibility index (Phi) is 7.57. The number of thioether (sulfide) groups is 1. The number of carbonyl (C=O) groups is 1. The van der Waals surface area contributed by atoms with Crippen LogP contribution in [0.3, 0.4) is 0 Å². The van der Waals surface area contributed by atoms with E-state index < -0.39 is 4.92 Å². The van der Waals surface area contributed by atoms with Gasteiger partial charge in [-0.25, -0.2) is 0 Å². The van der Waals surface area contributed by atoms with Gasteiger partial charge in [0.25, 0.3) is 11.6 Å². The second-order valence-corrected chi connectivity index (χ2v) is 10.2. The quantitative estimate of drug-likeness (QED) is 0.139. The van der Waals surface area contributed by atoms with E-state index in [-0.39, 0.29) is 11.6 Å². The maximum Gasteiger partial charge on any atom is 0.283 e. The van der Waals surface area contributed by atoms with Gasteiger partial charge in [0.1, 0.15) is 5.75 Å². The highest BCUT2D eigenvalue weighted by Crippen LogP contribution is 2.39. The van der Waals surface area contributed by atoms with Crippen LogP contribution in [0.5, 0.6) is 5.75 Å². The third-order valence-corrected chi connectivity index (χ3v) is 7.35. The number of benzene rings is 3. The molecule has 0 saturated carbocycles. The molecule has 34 heavy (non-hydrogen) atoms. The number of halogens is 1. The van der Waals surface area contributed by atoms with Crippen molar-refractivity contribution in [2.24, 2.45) is 0 Å². The second kappa shape index (κ2) is 10.6. The molecule has 0 N–H and O–H groups in total. The van der Waals surface area contributed by atoms with E-state index in [0.29, 0.717) is 42.8 Å². The van der Waals surface area contributed by atoms with Crippen LogP contribution < -0.4 is 9.64 Å². The molecule has 6 nitrogen and oxygen atoms in total. The lowest BCUT2D eigenvalue weighted by atomic mass is 10.2. The van der Waals surface area contributed by atoms with Crippen molar-refractivity contribution in [1.29, 1.82) is 0 Å². The number of nitrogens with zero attached hydrogens (tertiary/aromatic N) is 2. The van der Waals surface area contributed by atoms with E-state index in [1.165, 1.54) is 22.7 Å². The highest BCUT2D eigenvalue weighted by Gasteiger charge is 2.33. The van der Waals surface area contributed by atoms with Crippen molar-refractivity contribution < 1.29 is 14.5 Å². The number of ether oxygens (including phenoxy) is 1. The summed E-state index contributed by atoms with van der Waals surface area (Å²) in [4.78, 5) is 27.5. The molecule has 0 bridgehead atoms. The summed E-state index contributed by atoms with van der Waals surface area (Å²) in [5.74, 6) is 0.428. The van der Waals surface area contributed by atoms with Crippen molar-refractivity contribution in [2.45, 2.75) is 16.7 Å². The molecule has 0 aliphatic carbocycles. The average Bonchev–Trinajstić information content (AvgIpc) is 3.09. The van der Waals surface area contributed by atoms with Crippen LogP contribution >= 0.6 is 47.3 Å². The van der Waals surface area contributed by atoms with Gasteiger partial charge in [0.05, 0.1) is 27.0 Å². The normalized spacial score (nSPS) is 14.6. The lowest BCUT2D eigenvalue weighted by Crippen LogP contribution is -2.27. The van der Waals surface area contributed by atoms with Crippen molar-refractivity contribution in [3.63, 3.8) is 0 Å². The molecule has 3 aromatic rings. The van der Waals surface area contributed by atoms with Gasteiger partial charge in [0.15, 0.2) is 4.32 Å². The molecule has 1 fully saturated rings. The molecular formula is C24H17ClN2O4S3. The predicted octanol–water partition coefficient (Wildman–Crippen LogP) is 7.20. The van der Waals surface area contributed by atoms with Crippen LogP contribution in [0.1, 0.15) is 12.5 Å². The zero-order chi connectivity index (χ0) is 24.2. The van der Waals surface area contributed by atoms with Gasteiger partial charge in [-0.2, -0.15) is 0 Å². The first-order valence-corrected chi connectivity index (χ1v) is 12.5. The number of amides is 1. The second-order valence-electron chi connectivity index (χ2n) is 6.98. The molecular weight excluding hydrogens is 512 g/mol. The molecule has 0 atom stereocenters. The van der Waals surface area contributed by atoms with E-state index in [1.54, 1.807) is 66.7 Å². The van der Waals surface area contributed by atoms with Crippen molar-refractivity contribution in [3.05, 3.63) is 92.3 Å². The minimum absolute atomic E-state index is 0.0457. The standard InChI is InChI=1S/C24H17ClN2O4S3/c1-2-31-18-8-6-17(7-9-18)26-23(28)22(34-24(26)32)14-15-3-12-21(20(13-15)27(29)30)33-19-10-4-16(25)5-11-19/h3-14H,2H2,1H3/b22-14-. The minimum atomic E-state index is -0.430. The average molecular weight is 529 g/mol. The van der Waals surface area contributed by atoms with Gasteiger partial charge in [-0.3, -0.25) is 19.8 Å². The molecule has 1 heterocycles. The summed E-state index contributed by atoms with van der Waals surface area (Å²) < 4.78 is 5.84. The summed E-state index contributed by atoms with van der Waals surface area (Å²) in [6.07, 6.45) is 1.62. The Hall–Kier alpha value is -2.85. The van der Waals surface area contributed by atoms with Gasteiger partial charge in [-0.15, -0.1) is 0 Å². The summed E-state index contributed by atoms with van der Waals surface area (Å²) >= 11 is 13.8. The minimum Gasteiger partial charge on any atom is -0.494 e. The van der Waals surface area contributed by atoms with Crippen LogP contribution in [0.25, 0.3) is 6.08 Å². The zero-order valence-electron chi connectivity index (χ0n) is 17.8. The van der Waals surface area contributed by atoms with Crippen LogP contribution in [0.15, 0.2) is 81.4 Å². The summed E-state index contributed by atoms with van der Waals surface area (Å²) in [6.45, 7) is 2.44. The highest BCUT2D eigenvalue weighted by atomic mass is 35.5. The monoisotopic (exact) mass is 528 g/mol. The Morgan fingerprint density at radius 1 is 1.15 bits per heavy atom. The largest absolute Gasteiger partial charge is 0.494 e. The SMILES string of the molecule is CCOc1ccc(N2C(=O)/C(=C/c3ccc(Sc4ccc(Cl)cc4)c([N+](=O)[O-])c3)SC2=S)cc1. The number of hydrogen-bond acceptors (Lipinski definition) is 7. The van der Waals surface area contributed by atoms with Gasteiger partial charge in [-0.1, -0.05) is 53.4 Å². The van der Waals surface area contributed by atoms with Gasteiger partial charge in [0.2, 0.25) is 0 Å². The van der Waals surface area contributed by atoms with Crippen LogP contribution in [-0.4, -0.2) is 21.8 Å². The number of rotatable bonds is 7. The summed E-state index contributed by atoms with van der Waals surface area (Å²) in [5.41, 5.74) is 1.13. The highest BCUT2D eigenvalue weighted by molar-refractivity contribution is 8.27. The number of thiocarbonyl (C=S) groups is 1. The van der Waals surface area contributed by atoms with E-state index >= 15 is 0 Å². The molecule has 0 aromatic heterocycles. The van der Waals surface area contributed by atoms with Crippen molar-refractivity contribution in [1.82, 2.24) is 0 Å². The molecule has 3 aromatic carbocycles. The summed E-state index contributed by atoms with van der Waals surface area (Å²) in [7, 11) is 0. The third kappa shape index (κ3) is 5.44. The van der Waals surface area contributed by atoms with E-state index in [4.69, 9.17) is 28.6 Å². The number of nitro benzene ring substituents is 1. The number of carbonyl (C=O) groups excluding carboxylic acids is 1. The first kappa shape index (κ1) is 24.3. The Labute approximate surface area is 215 Å². The molecule has 1 saturated heterocycles. The number of hydrogen-bond donors (Lipinski definition) is 0. The fourth-order valence-electron chi connectivity index (χ4n) is 3.18. The van der Waals surface area contributed by atoms with Crippen LogP contribution in [-0.2, 0) is 4.79 Å². The Morgan fingerprint density at radius 2 is 1.85 bits per heavy atom. The topological polar surface area (TPSA) is 72.7 Å². The molecule has 0 radical (unpaired) electrons. The Balaban J connectivity index is 1.58.